The average Bonchev–Trinajstić information content (AvgIpc) is 2.82. The van der Waals surface area contributed by atoms with Gasteiger partial charge in [0.15, 0.2) is 9.84 Å². The van der Waals surface area contributed by atoms with Gasteiger partial charge in [-0.05, 0) is 32.7 Å². The summed E-state index contributed by atoms with van der Waals surface area (Å²) in [5.41, 5.74) is 0. The molecule has 3 atom stereocenters. The first kappa shape index (κ1) is 11.9. The first-order chi connectivity index (χ1) is 8.05. The van der Waals surface area contributed by atoms with Crippen LogP contribution in [-0.4, -0.2) is 67.5 Å². The molecule has 0 N–H and O–H groups in total. The number of hydrogen-bond acceptors (Lipinski definition) is 4. The summed E-state index contributed by atoms with van der Waals surface area (Å²) in [6.45, 7) is 5.70. The zero-order chi connectivity index (χ0) is 12.0. The highest BCUT2D eigenvalue weighted by Gasteiger charge is 2.40. The zero-order valence-electron chi connectivity index (χ0n) is 10.5. The number of hydrogen-bond donors (Lipinski definition) is 0. The van der Waals surface area contributed by atoms with Crippen molar-refractivity contribution in [3.05, 3.63) is 0 Å². The summed E-state index contributed by atoms with van der Waals surface area (Å²) >= 11 is 0. The first-order valence-corrected chi connectivity index (χ1v) is 8.57. The number of piperazine rings is 1. The quantitative estimate of drug-likeness (QED) is 0.680. The van der Waals surface area contributed by atoms with Gasteiger partial charge in [-0.25, -0.2) is 8.42 Å². The minimum atomic E-state index is -2.75. The summed E-state index contributed by atoms with van der Waals surface area (Å²) in [5, 5.41) is 0. The molecule has 3 aliphatic rings. The van der Waals surface area contributed by atoms with Gasteiger partial charge in [0.1, 0.15) is 0 Å². The minimum Gasteiger partial charge on any atom is -0.298 e. The second kappa shape index (κ2) is 4.21. The maximum Gasteiger partial charge on any atom is 0.151 e. The van der Waals surface area contributed by atoms with Crippen LogP contribution < -0.4 is 0 Å². The van der Waals surface area contributed by atoms with Gasteiger partial charge in [-0.3, -0.25) is 9.80 Å². The zero-order valence-corrected chi connectivity index (χ0v) is 11.3. The molecule has 3 aliphatic heterocycles. The number of sulfone groups is 1. The Morgan fingerprint density at radius 3 is 2.65 bits per heavy atom. The van der Waals surface area contributed by atoms with E-state index in [4.69, 9.17) is 0 Å². The van der Waals surface area contributed by atoms with E-state index in [-0.39, 0.29) is 6.04 Å². The molecule has 3 fully saturated rings. The highest BCUT2D eigenvalue weighted by atomic mass is 32.2. The lowest BCUT2D eigenvalue weighted by molar-refractivity contribution is 0.0351. The fraction of sp³-hybridized carbons (Fsp3) is 1.00. The summed E-state index contributed by atoms with van der Waals surface area (Å²) in [7, 11) is -2.75. The fourth-order valence-corrected chi connectivity index (χ4v) is 5.50. The Labute approximate surface area is 104 Å². The summed E-state index contributed by atoms with van der Waals surface area (Å²) in [4.78, 5) is 5.06. The number of fused-ring (bicyclic) bond motifs is 1. The van der Waals surface area contributed by atoms with Crippen LogP contribution in [0.5, 0.6) is 0 Å². The molecule has 3 rings (SSSR count). The van der Waals surface area contributed by atoms with E-state index in [1.54, 1.807) is 0 Å². The van der Waals surface area contributed by atoms with Crippen LogP contribution in [0.2, 0.25) is 0 Å². The third-order valence-electron chi connectivity index (χ3n) is 4.66. The van der Waals surface area contributed by atoms with Crippen LogP contribution in [0.1, 0.15) is 26.2 Å². The van der Waals surface area contributed by atoms with Crippen LogP contribution in [-0.2, 0) is 9.84 Å². The van der Waals surface area contributed by atoms with Crippen molar-refractivity contribution in [3.63, 3.8) is 0 Å². The average molecular weight is 258 g/mol. The van der Waals surface area contributed by atoms with Gasteiger partial charge in [-0.2, -0.15) is 0 Å². The van der Waals surface area contributed by atoms with Crippen LogP contribution in [0.3, 0.4) is 0 Å². The fourth-order valence-electron chi connectivity index (χ4n) is 3.76. The molecule has 5 heteroatoms. The Morgan fingerprint density at radius 2 is 1.94 bits per heavy atom. The summed E-state index contributed by atoms with van der Waals surface area (Å²) in [6, 6.07) is 1.50. The van der Waals surface area contributed by atoms with Crippen molar-refractivity contribution in [3.8, 4) is 0 Å². The van der Waals surface area contributed by atoms with Crippen molar-refractivity contribution in [1.29, 1.82) is 0 Å². The molecule has 3 heterocycles. The molecule has 0 radical (unpaired) electrons. The highest BCUT2D eigenvalue weighted by molar-refractivity contribution is 7.91. The number of rotatable bonds is 1. The molecular formula is C12H22N2O2S. The summed E-state index contributed by atoms with van der Waals surface area (Å²) in [6.07, 6.45) is 3.45. The number of nitrogens with zero attached hydrogens (tertiary/aromatic N) is 2. The Hall–Kier alpha value is -0.130. The lowest BCUT2D eigenvalue weighted by atomic mass is 10.0. The maximum absolute atomic E-state index is 11.6. The van der Waals surface area contributed by atoms with Gasteiger partial charge in [0.2, 0.25) is 0 Å². The van der Waals surface area contributed by atoms with E-state index in [2.05, 4.69) is 16.7 Å². The second-order valence-corrected chi connectivity index (χ2v) is 8.12. The van der Waals surface area contributed by atoms with E-state index < -0.39 is 9.84 Å². The normalized spacial score (nSPS) is 42.8. The predicted molar refractivity (Wildman–Crippen MR) is 67.8 cm³/mol. The third kappa shape index (κ3) is 2.25. The van der Waals surface area contributed by atoms with Crippen molar-refractivity contribution in [2.45, 2.75) is 44.3 Å². The standard InChI is InChI=1S/C12H22N2O2S/c1-10-7-13-5-2-3-11(13)8-14(10)12-4-6-17(15,16)9-12/h10-12H,2-9H2,1H3. The largest absolute Gasteiger partial charge is 0.298 e. The van der Waals surface area contributed by atoms with Crippen LogP contribution in [0.15, 0.2) is 0 Å². The predicted octanol–water partition coefficient (Wildman–Crippen LogP) is 0.342. The van der Waals surface area contributed by atoms with Crippen molar-refractivity contribution >= 4 is 9.84 Å². The summed E-state index contributed by atoms with van der Waals surface area (Å²) < 4.78 is 23.2. The van der Waals surface area contributed by atoms with Gasteiger partial charge >= 0.3 is 0 Å². The van der Waals surface area contributed by atoms with Gasteiger partial charge in [0.05, 0.1) is 11.5 Å². The summed E-state index contributed by atoms with van der Waals surface area (Å²) in [5.74, 6) is 0.791. The van der Waals surface area contributed by atoms with E-state index in [1.165, 1.54) is 19.4 Å². The molecule has 0 spiro atoms. The Morgan fingerprint density at radius 1 is 1.12 bits per heavy atom. The smallest absolute Gasteiger partial charge is 0.151 e. The van der Waals surface area contributed by atoms with Crippen LogP contribution in [0.4, 0.5) is 0 Å². The molecule has 0 amide bonds. The molecule has 0 aromatic carbocycles. The monoisotopic (exact) mass is 258 g/mol. The molecular weight excluding hydrogens is 236 g/mol. The van der Waals surface area contributed by atoms with E-state index in [0.717, 1.165) is 19.5 Å². The van der Waals surface area contributed by atoms with E-state index in [9.17, 15) is 8.42 Å². The lowest BCUT2D eigenvalue weighted by Gasteiger charge is -2.44. The van der Waals surface area contributed by atoms with Gasteiger partial charge in [0, 0.05) is 31.2 Å². The SMILES string of the molecule is CC1CN2CCCC2CN1C1CCS(=O)(=O)C1. The second-order valence-electron chi connectivity index (χ2n) is 5.89. The van der Waals surface area contributed by atoms with Gasteiger partial charge in [-0.1, -0.05) is 0 Å². The molecule has 0 aromatic rings. The molecule has 3 unspecified atom stereocenters. The van der Waals surface area contributed by atoms with Crippen LogP contribution in [0, 0.1) is 0 Å². The topological polar surface area (TPSA) is 40.6 Å². The third-order valence-corrected chi connectivity index (χ3v) is 6.41. The molecule has 0 bridgehead atoms. The van der Waals surface area contributed by atoms with Crippen molar-refractivity contribution in [2.75, 3.05) is 31.1 Å². The van der Waals surface area contributed by atoms with Gasteiger partial charge < -0.3 is 0 Å². The molecule has 0 saturated carbocycles. The maximum atomic E-state index is 11.6. The molecule has 98 valence electrons. The van der Waals surface area contributed by atoms with Gasteiger partial charge in [0.25, 0.3) is 0 Å². The van der Waals surface area contributed by atoms with Crippen LogP contribution >= 0.6 is 0 Å². The van der Waals surface area contributed by atoms with Crippen molar-refractivity contribution in [1.82, 2.24) is 9.80 Å². The van der Waals surface area contributed by atoms with Crippen molar-refractivity contribution < 1.29 is 8.42 Å². The Bertz CT molecular complexity index is 395. The van der Waals surface area contributed by atoms with Crippen molar-refractivity contribution in [2.24, 2.45) is 0 Å². The molecule has 17 heavy (non-hydrogen) atoms. The Balaban J connectivity index is 1.71. The molecule has 0 aliphatic carbocycles. The molecule has 3 saturated heterocycles. The van der Waals surface area contributed by atoms with Gasteiger partial charge in [-0.15, -0.1) is 0 Å². The van der Waals surface area contributed by atoms with Crippen LogP contribution in [0.25, 0.3) is 0 Å². The van der Waals surface area contributed by atoms with E-state index in [1.807, 2.05) is 0 Å². The minimum absolute atomic E-state index is 0.290. The molecule has 4 nitrogen and oxygen atoms in total. The Kier molecular flexibility index (Phi) is 2.96. The lowest BCUT2D eigenvalue weighted by Crippen LogP contribution is -2.58. The first-order valence-electron chi connectivity index (χ1n) is 6.75. The van der Waals surface area contributed by atoms with E-state index >= 15 is 0 Å². The highest BCUT2D eigenvalue weighted by Crippen LogP contribution is 2.29. The van der Waals surface area contributed by atoms with E-state index in [0.29, 0.717) is 23.6 Å². The molecule has 0 aromatic heterocycles.